The zero-order valence-corrected chi connectivity index (χ0v) is 14.4. The lowest BCUT2D eigenvalue weighted by Crippen LogP contribution is -2.19. The van der Waals surface area contributed by atoms with E-state index in [0.717, 1.165) is 26.0 Å². The Morgan fingerprint density at radius 2 is 1.89 bits per heavy atom. The van der Waals surface area contributed by atoms with Gasteiger partial charge in [-0.05, 0) is 42.8 Å². The number of halogens is 3. The summed E-state index contributed by atoms with van der Waals surface area (Å²) in [6.45, 7) is 0. The number of benzene rings is 2. The minimum atomic E-state index is 0.231. The molecule has 0 aliphatic heterocycles. The van der Waals surface area contributed by atoms with Crippen LogP contribution in [0.3, 0.4) is 0 Å². The van der Waals surface area contributed by atoms with Gasteiger partial charge in [-0.2, -0.15) is 0 Å². The molecule has 2 aromatic rings. The van der Waals surface area contributed by atoms with Gasteiger partial charge < -0.3 is 5.32 Å². The van der Waals surface area contributed by atoms with E-state index in [9.17, 15) is 0 Å². The molecule has 1 nitrogen and oxygen atoms in total. The van der Waals surface area contributed by atoms with Gasteiger partial charge in [0, 0.05) is 20.0 Å². The van der Waals surface area contributed by atoms with Crippen LogP contribution in [0.15, 0.2) is 51.4 Å². The molecule has 0 bridgehead atoms. The first-order valence-corrected chi connectivity index (χ1v) is 7.94. The van der Waals surface area contributed by atoms with E-state index >= 15 is 0 Å². The number of hydrogen-bond acceptors (Lipinski definition) is 1. The summed E-state index contributed by atoms with van der Waals surface area (Å²) in [7, 11) is 1.97. The first kappa shape index (κ1) is 15.0. The molecule has 2 aromatic carbocycles. The summed E-state index contributed by atoms with van der Waals surface area (Å²) in [5.41, 5.74) is 2.38. The summed E-state index contributed by atoms with van der Waals surface area (Å²) < 4.78 is 2.12. The van der Waals surface area contributed by atoms with Crippen LogP contribution in [-0.2, 0) is 6.42 Å². The van der Waals surface area contributed by atoms with Gasteiger partial charge in [-0.15, -0.1) is 0 Å². The summed E-state index contributed by atoms with van der Waals surface area (Å²) in [5.74, 6) is 0. The summed E-state index contributed by atoms with van der Waals surface area (Å²) in [5, 5.41) is 4.14. The van der Waals surface area contributed by atoms with Crippen molar-refractivity contribution in [3.8, 4) is 0 Å². The van der Waals surface area contributed by atoms with Crippen LogP contribution in [0.5, 0.6) is 0 Å². The van der Waals surface area contributed by atoms with Gasteiger partial charge in [-0.1, -0.05) is 67.7 Å². The molecule has 0 spiro atoms. The van der Waals surface area contributed by atoms with Gasteiger partial charge in [-0.25, -0.2) is 0 Å². The Morgan fingerprint density at radius 1 is 1.16 bits per heavy atom. The minimum absolute atomic E-state index is 0.231. The number of rotatable bonds is 4. The fraction of sp³-hybridized carbons (Fsp3) is 0.200. The van der Waals surface area contributed by atoms with Crippen molar-refractivity contribution >= 4 is 43.5 Å². The van der Waals surface area contributed by atoms with Crippen molar-refractivity contribution in [2.45, 2.75) is 12.5 Å². The lowest BCUT2D eigenvalue weighted by atomic mass is 9.99. The molecule has 0 aliphatic rings. The van der Waals surface area contributed by atoms with E-state index in [1.54, 1.807) is 0 Å². The Kier molecular flexibility index (Phi) is 5.46. The van der Waals surface area contributed by atoms with Crippen LogP contribution in [0, 0.1) is 0 Å². The van der Waals surface area contributed by atoms with Crippen molar-refractivity contribution in [2.24, 2.45) is 0 Å². The highest BCUT2D eigenvalue weighted by Crippen LogP contribution is 2.29. The van der Waals surface area contributed by atoms with E-state index in [1.165, 1.54) is 5.56 Å². The molecule has 0 amide bonds. The Morgan fingerprint density at radius 3 is 2.53 bits per heavy atom. The topological polar surface area (TPSA) is 12.0 Å². The van der Waals surface area contributed by atoms with E-state index in [1.807, 2.05) is 31.3 Å². The Balaban J connectivity index is 2.27. The van der Waals surface area contributed by atoms with E-state index < -0.39 is 0 Å². The fourth-order valence-electron chi connectivity index (χ4n) is 2.03. The van der Waals surface area contributed by atoms with Gasteiger partial charge in [0.05, 0.1) is 0 Å². The summed E-state index contributed by atoms with van der Waals surface area (Å²) in [4.78, 5) is 0. The van der Waals surface area contributed by atoms with Gasteiger partial charge in [0.2, 0.25) is 0 Å². The maximum Gasteiger partial charge on any atom is 0.0449 e. The molecule has 100 valence electrons. The van der Waals surface area contributed by atoms with Crippen molar-refractivity contribution in [2.75, 3.05) is 7.05 Å². The van der Waals surface area contributed by atoms with Crippen LogP contribution in [-0.4, -0.2) is 7.05 Å². The number of likely N-dealkylation sites (N-methyl/N-ethyl adjacent to an activating group) is 1. The largest absolute Gasteiger partial charge is 0.313 e. The third-order valence-electron chi connectivity index (χ3n) is 3.07. The van der Waals surface area contributed by atoms with Crippen molar-refractivity contribution in [1.29, 1.82) is 0 Å². The van der Waals surface area contributed by atoms with E-state index in [-0.39, 0.29) is 6.04 Å². The molecular weight excluding hydrogens is 389 g/mol. The lowest BCUT2D eigenvalue weighted by molar-refractivity contribution is 0.590. The molecule has 2 rings (SSSR count). The molecule has 0 saturated heterocycles. The number of nitrogens with one attached hydrogen (secondary N) is 1. The molecule has 4 heteroatoms. The summed E-state index contributed by atoms with van der Waals surface area (Å²) in [6, 6.07) is 14.5. The van der Waals surface area contributed by atoms with Gasteiger partial charge in [0.25, 0.3) is 0 Å². The van der Waals surface area contributed by atoms with Crippen molar-refractivity contribution in [3.63, 3.8) is 0 Å². The Hall–Kier alpha value is -0.350. The van der Waals surface area contributed by atoms with Crippen LogP contribution in [0.25, 0.3) is 0 Å². The van der Waals surface area contributed by atoms with Crippen LogP contribution in [0.4, 0.5) is 0 Å². The standard InChI is InChI=1S/C15H14Br2ClN/c1-19-15(12-4-2-3-5-13(12)17)8-10-6-7-11(16)9-14(10)18/h2-7,9,15,19H,8H2,1H3. The molecule has 0 fully saturated rings. The molecular formula is C15H14Br2ClN. The Labute approximate surface area is 135 Å². The molecule has 1 N–H and O–H groups in total. The maximum atomic E-state index is 6.29. The molecule has 19 heavy (non-hydrogen) atoms. The first-order chi connectivity index (χ1) is 9.11. The highest BCUT2D eigenvalue weighted by molar-refractivity contribution is 9.10. The molecule has 1 unspecified atom stereocenters. The third kappa shape index (κ3) is 3.82. The zero-order chi connectivity index (χ0) is 13.8. The minimum Gasteiger partial charge on any atom is -0.313 e. The predicted octanol–water partition coefficient (Wildman–Crippen LogP) is 5.37. The monoisotopic (exact) mass is 401 g/mol. The average molecular weight is 404 g/mol. The highest BCUT2D eigenvalue weighted by Gasteiger charge is 2.14. The fourth-order valence-corrected chi connectivity index (χ4v) is 3.34. The van der Waals surface area contributed by atoms with E-state index in [4.69, 9.17) is 11.6 Å². The normalized spacial score (nSPS) is 12.4. The second kappa shape index (κ2) is 6.89. The highest BCUT2D eigenvalue weighted by atomic mass is 79.9. The Bertz CT molecular complexity index is 572. The zero-order valence-electron chi connectivity index (χ0n) is 10.5. The predicted molar refractivity (Wildman–Crippen MR) is 88.8 cm³/mol. The smallest absolute Gasteiger partial charge is 0.0449 e. The molecule has 0 saturated carbocycles. The van der Waals surface area contributed by atoms with Crippen molar-refractivity contribution in [3.05, 3.63) is 67.6 Å². The molecule has 1 atom stereocenters. The second-order valence-corrected chi connectivity index (χ2v) is 6.48. The average Bonchev–Trinajstić information content (AvgIpc) is 2.39. The molecule has 0 heterocycles. The first-order valence-electron chi connectivity index (χ1n) is 5.97. The van der Waals surface area contributed by atoms with Gasteiger partial charge in [-0.3, -0.25) is 0 Å². The van der Waals surface area contributed by atoms with Crippen LogP contribution < -0.4 is 5.32 Å². The molecule has 0 radical (unpaired) electrons. The molecule has 0 aliphatic carbocycles. The van der Waals surface area contributed by atoms with Crippen molar-refractivity contribution in [1.82, 2.24) is 5.32 Å². The van der Waals surface area contributed by atoms with Crippen molar-refractivity contribution < 1.29 is 0 Å². The maximum absolute atomic E-state index is 6.29. The summed E-state index contributed by atoms with van der Waals surface area (Å²) in [6.07, 6.45) is 0.852. The molecule has 0 aromatic heterocycles. The lowest BCUT2D eigenvalue weighted by Gasteiger charge is -2.19. The SMILES string of the molecule is CNC(Cc1ccc(Br)cc1Cl)c1ccccc1Br. The van der Waals surface area contributed by atoms with Gasteiger partial charge in [0.1, 0.15) is 0 Å². The summed E-state index contributed by atoms with van der Waals surface area (Å²) >= 11 is 13.3. The van der Waals surface area contributed by atoms with Crippen LogP contribution in [0.2, 0.25) is 5.02 Å². The van der Waals surface area contributed by atoms with Gasteiger partial charge in [0.15, 0.2) is 0 Å². The number of hydrogen-bond donors (Lipinski definition) is 1. The van der Waals surface area contributed by atoms with E-state index in [0.29, 0.717) is 0 Å². The van der Waals surface area contributed by atoms with E-state index in [2.05, 4.69) is 55.4 Å². The quantitative estimate of drug-likeness (QED) is 0.724. The third-order valence-corrected chi connectivity index (χ3v) is 4.64. The second-order valence-electron chi connectivity index (χ2n) is 4.30. The van der Waals surface area contributed by atoms with Crippen LogP contribution >= 0.6 is 43.5 Å². The van der Waals surface area contributed by atoms with Crippen LogP contribution in [0.1, 0.15) is 17.2 Å². The van der Waals surface area contributed by atoms with Gasteiger partial charge >= 0.3 is 0 Å².